The Morgan fingerprint density at radius 1 is 1.36 bits per heavy atom. The minimum absolute atomic E-state index is 0.0238. The smallest absolute Gasteiger partial charge is 0.246 e. The van der Waals surface area contributed by atoms with Crippen molar-refractivity contribution < 1.29 is 4.79 Å². The second-order valence-corrected chi connectivity index (χ2v) is 7.13. The summed E-state index contributed by atoms with van der Waals surface area (Å²) in [5.74, 6) is 0.327. The summed E-state index contributed by atoms with van der Waals surface area (Å²) in [6.45, 7) is 2.09. The highest BCUT2D eigenvalue weighted by Gasteiger charge is 2.14. The van der Waals surface area contributed by atoms with Crippen molar-refractivity contribution in [3.05, 3.63) is 39.1 Å². The van der Waals surface area contributed by atoms with Crippen LogP contribution >= 0.6 is 35.2 Å². The van der Waals surface area contributed by atoms with E-state index in [1.807, 2.05) is 12.1 Å². The maximum absolute atomic E-state index is 12.3. The molecule has 0 aliphatic heterocycles. The molecule has 7 nitrogen and oxygen atoms in total. The molecule has 0 spiro atoms. The lowest BCUT2D eigenvalue weighted by atomic mass is 10.2. The van der Waals surface area contributed by atoms with Crippen LogP contribution in [0.3, 0.4) is 0 Å². The molecule has 2 aromatic heterocycles. The summed E-state index contributed by atoms with van der Waals surface area (Å²) >= 11 is 12.5. The first-order valence-electron chi connectivity index (χ1n) is 7.60. The van der Waals surface area contributed by atoms with E-state index in [4.69, 9.17) is 23.8 Å². The van der Waals surface area contributed by atoms with E-state index in [1.54, 1.807) is 16.7 Å². The number of nitrogens with zero attached hydrogens (tertiary/aromatic N) is 4. The van der Waals surface area contributed by atoms with Crippen LogP contribution in [0.25, 0.3) is 11.4 Å². The standard InChI is InChI=1S/C15H15ClN6OS2/c1-2-3-12-18-20-14(25-12)17-11(23)8-22-13(19-21-15(22)24)9-4-6-10(16)7-5-9/h4-7H,2-3,8H2,1H3,(H,21,24)(H,17,20,23). The lowest BCUT2D eigenvalue weighted by Gasteiger charge is -2.06. The lowest BCUT2D eigenvalue weighted by molar-refractivity contribution is -0.116. The van der Waals surface area contributed by atoms with Gasteiger partial charge < -0.3 is 0 Å². The maximum atomic E-state index is 12.3. The monoisotopic (exact) mass is 394 g/mol. The van der Waals surface area contributed by atoms with Gasteiger partial charge in [-0.15, -0.1) is 10.2 Å². The van der Waals surface area contributed by atoms with E-state index in [-0.39, 0.29) is 12.5 Å². The predicted octanol–water partition coefficient (Wildman–Crippen LogP) is 3.70. The van der Waals surface area contributed by atoms with Gasteiger partial charge in [0.25, 0.3) is 0 Å². The zero-order chi connectivity index (χ0) is 17.8. The largest absolute Gasteiger partial charge is 0.299 e. The average molecular weight is 395 g/mol. The molecule has 1 amide bonds. The molecular weight excluding hydrogens is 380 g/mol. The molecule has 0 fully saturated rings. The fraction of sp³-hybridized carbons (Fsp3) is 0.267. The number of aromatic amines is 1. The summed E-state index contributed by atoms with van der Waals surface area (Å²) in [5, 5.41) is 19.7. The molecule has 0 bridgehead atoms. The number of H-pyrrole nitrogens is 1. The van der Waals surface area contributed by atoms with Crippen molar-refractivity contribution >= 4 is 46.2 Å². The van der Waals surface area contributed by atoms with E-state index in [1.165, 1.54) is 11.3 Å². The number of benzene rings is 1. The maximum Gasteiger partial charge on any atom is 0.246 e. The molecule has 3 rings (SSSR count). The second kappa shape index (κ2) is 7.85. The van der Waals surface area contributed by atoms with Crippen LogP contribution in [-0.2, 0) is 17.8 Å². The molecule has 0 aliphatic carbocycles. The van der Waals surface area contributed by atoms with Gasteiger partial charge in [0.05, 0.1) is 0 Å². The van der Waals surface area contributed by atoms with E-state index < -0.39 is 0 Å². The van der Waals surface area contributed by atoms with E-state index in [2.05, 4.69) is 32.6 Å². The second-order valence-electron chi connectivity index (χ2n) is 5.24. The van der Waals surface area contributed by atoms with Crippen LogP contribution in [0.5, 0.6) is 0 Å². The number of hydrogen-bond acceptors (Lipinski definition) is 6. The molecule has 0 saturated carbocycles. The summed E-state index contributed by atoms with van der Waals surface area (Å²) in [4.78, 5) is 12.3. The Morgan fingerprint density at radius 2 is 2.12 bits per heavy atom. The number of rotatable bonds is 6. The molecule has 10 heteroatoms. The Kier molecular flexibility index (Phi) is 5.57. The number of carbonyl (C=O) groups excluding carboxylic acids is 1. The number of carbonyl (C=O) groups is 1. The SMILES string of the molecule is CCCc1nnc(NC(=O)Cn2c(-c3ccc(Cl)cc3)n[nH]c2=S)s1. The minimum atomic E-state index is -0.244. The van der Waals surface area contributed by atoms with Gasteiger partial charge in [0.2, 0.25) is 11.0 Å². The van der Waals surface area contributed by atoms with Gasteiger partial charge in [-0.05, 0) is 42.9 Å². The van der Waals surface area contributed by atoms with Crippen LogP contribution in [0.15, 0.2) is 24.3 Å². The summed E-state index contributed by atoms with van der Waals surface area (Å²) in [5.41, 5.74) is 0.811. The van der Waals surface area contributed by atoms with Gasteiger partial charge in [-0.25, -0.2) is 0 Å². The summed E-state index contributed by atoms with van der Waals surface area (Å²) in [6, 6.07) is 7.16. The Morgan fingerprint density at radius 3 is 2.84 bits per heavy atom. The quantitative estimate of drug-likeness (QED) is 0.622. The number of aryl methyl sites for hydroxylation is 1. The molecule has 25 heavy (non-hydrogen) atoms. The molecule has 0 unspecified atom stereocenters. The van der Waals surface area contributed by atoms with E-state index in [0.717, 1.165) is 23.4 Å². The highest BCUT2D eigenvalue weighted by Crippen LogP contribution is 2.20. The number of anilines is 1. The number of hydrogen-bond donors (Lipinski definition) is 2. The van der Waals surface area contributed by atoms with Crippen LogP contribution in [0.4, 0.5) is 5.13 Å². The molecule has 0 aliphatic rings. The van der Waals surface area contributed by atoms with Gasteiger partial charge in [-0.2, -0.15) is 5.10 Å². The van der Waals surface area contributed by atoms with Gasteiger partial charge in [-0.1, -0.05) is 29.9 Å². The van der Waals surface area contributed by atoms with Crippen molar-refractivity contribution in [3.8, 4) is 11.4 Å². The summed E-state index contributed by atoms with van der Waals surface area (Å²) in [6.07, 6.45) is 1.83. The van der Waals surface area contributed by atoms with Crippen molar-refractivity contribution in [3.63, 3.8) is 0 Å². The predicted molar refractivity (Wildman–Crippen MR) is 100 cm³/mol. The summed E-state index contributed by atoms with van der Waals surface area (Å²) in [7, 11) is 0. The molecule has 3 aromatic rings. The molecule has 130 valence electrons. The first-order chi connectivity index (χ1) is 12.1. The molecule has 1 aromatic carbocycles. The van der Waals surface area contributed by atoms with Crippen LogP contribution in [0.2, 0.25) is 5.02 Å². The van der Waals surface area contributed by atoms with E-state index in [9.17, 15) is 4.79 Å². The molecule has 0 radical (unpaired) electrons. The molecule has 2 N–H and O–H groups in total. The number of aromatic nitrogens is 5. The van der Waals surface area contributed by atoms with Gasteiger partial charge >= 0.3 is 0 Å². The zero-order valence-corrected chi connectivity index (χ0v) is 15.7. The minimum Gasteiger partial charge on any atom is -0.299 e. The third kappa shape index (κ3) is 4.30. The first kappa shape index (κ1) is 17.7. The molecular formula is C15H15ClN6OS2. The fourth-order valence-electron chi connectivity index (χ4n) is 2.21. The van der Waals surface area contributed by atoms with Crippen LogP contribution in [-0.4, -0.2) is 30.9 Å². The van der Waals surface area contributed by atoms with Crippen molar-refractivity contribution in [2.45, 2.75) is 26.3 Å². The topological polar surface area (TPSA) is 88.5 Å². The third-order valence-corrected chi connectivity index (χ3v) is 4.80. The van der Waals surface area contributed by atoms with Crippen LogP contribution < -0.4 is 5.32 Å². The van der Waals surface area contributed by atoms with Crippen LogP contribution in [0, 0.1) is 4.77 Å². The van der Waals surface area contributed by atoms with Crippen molar-refractivity contribution in [2.75, 3.05) is 5.32 Å². The van der Waals surface area contributed by atoms with E-state index >= 15 is 0 Å². The average Bonchev–Trinajstić information content (AvgIpc) is 3.16. The number of halogens is 1. The van der Waals surface area contributed by atoms with Crippen molar-refractivity contribution in [2.24, 2.45) is 0 Å². The number of amides is 1. The molecule has 0 saturated heterocycles. The summed E-state index contributed by atoms with van der Waals surface area (Å²) < 4.78 is 1.99. The molecule has 0 atom stereocenters. The third-order valence-electron chi connectivity index (χ3n) is 3.34. The Balaban J connectivity index is 1.76. The van der Waals surface area contributed by atoms with Crippen molar-refractivity contribution in [1.29, 1.82) is 0 Å². The van der Waals surface area contributed by atoms with Gasteiger partial charge in [0.15, 0.2) is 10.6 Å². The van der Waals surface area contributed by atoms with Gasteiger partial charge in [0, 0.05) is 17.0 Å². The van der Waals surface area contributed by atoms with Crippen molar-refractivity contribution in [1.82, 2.24) is 25.0 Å². The lowest BCUT2D eigenvalue weighted by Crippen LogP contribution is -2.19. The fourth-order valence-corrected chi connectivity index (χ4v) is 3.39. The number of nitrogens with one attached hydrogen (secondary N) is 2. The van der Waals surface area contributed by atoms with Gasteiger partial charge in [-0.3, -0.25) is 19.8 Å². The highest BCUT2D eigenvalue weighted by atomic mass is 35.5. The first-order valence-corrected chi connectivity index (χ1v) is 9.20. The van der Waals surface area contributed by atoms with Gasteiger partial charge in [0.1, 0.15) is 11.6 Å². The highest BCUT2D eigenvalue weighted by molar-refractivity contribution is 7.71. The van der Waals surface area contributed by atoms with Crippen LogP contribution in [0.1, 0.15) is 18.4 Å². The Bertz CT molecular complexity index is 930. The normalized spacial score (nSPS) is 10.8. The molecule has 2 heterocycles. The van der Waals surface area contributed by atoms with E-state index in [0.29, 0.717) is 20.7 Å². The Hall–Kier alpha value is -2.10. The zero-order valence-electron chi connectivity index (χ0n) is 13.3. The Labute approximate surface area is 158 Å².